The molecule has 0 aliphatic carbocycles. The summed E-state index contributed by atoms with van der Waals surface area (Å²) in [6.07, 6.45) is 1.51. The van der Waals surface area contributed by atoms with Crippen LogP contribution in [0.4, 0.5) is 0 Å². The Morgan fingerprint density at radius 2 is 1.93 bits per heavy atom. The lowest BCUT2D eigenvalue weighted by Gasteiger charge is -2.05. The van der Waals surface area contributed by atoms with Crippen LogP contribution in [0.3, 0.4) is 0 Å². The van der Waals surface area contributed by atoms with Gasteiger partial charge < -0.3 is 10.2 Å². The molecule has 5 nitrogen and oxygen atoms in total. The van der Waals surface area contributed by atoms with Gasteiger partial charge in [-0.15, -0.1) is 11.3 Å². The number of phenolic OH excluding ortho intramolecular Hbond substituents is 2. The largest absolute Gasteiger partial charge is 0.504 e. The Balaban J connectivity index is 2.10. The van der Waals surface area contributed by atoms with Crippen molar-refractivity contribution in [3.8, 4) is 22.8 Å². The first-order valence-electron chi connectivity index (χ1n) is 8.43. The van der Waals surface area contributed by atoms with Crippen molar-refractivity contribution in [3.63, 3.8) is 0 Å². The van der Waals surface area contributed by atoms with Crippen LogP contribution in [0.5, 0.6) is 11.5 Å². The quantitative estimate of drug-likeness (QED) is 0.394. The summed E-state index contributed by atoms with van der Waals surface area (Å²) in [4.78, 5) is 5.30. The number of aromatic nitrogens is 1. The fourth-order valence-electron chi connectivity index (χ4n) is 2.42. The third kappa shape index (κ3) is 4.35. The van der Waals surface area contributed by atoms with Crippen molar-refractivity contribution in [2.45, 2.75) is 13.8 Å². The molecule has 2 aromatic carbocycles. The molecule has 2 N–H and O–H groups in total. The molecule has 3 aromatic rings. The van der Waals surface area contributed by atoms with Gasteiger partial charge in [0.25, 0.3) is 0 Å². The molecule has 0 aliphatic rings. The zero-order valence-corrected chi connectivity index (χ0v) is 16.1. The van der Waals surface area contributed by atoms with Crippen LogP contribution in [-0.4, -0.2) is 27.6 Å². The van der Waals surface area contributed by atoms with Gasteiger partial charge in [-0.25, -0.2) is 4.68 Å². The van der Waals surface area contributed by atoms with Crippen LogP contribution >= 0.6 is 11.3 Å². The van der Waals surface area contributed by atoms with Gasteiger partial charge in [0, 0.05) is 16.5 Å². The predicted octanol–water partition coefficient (Wildman–Crippen LogP) is 4.30. The lowest BCUT2D eigenvalue weighted by Crippen LogP contribution is -2.13. The minimum Gasteiger partial charge on any atom is -0.504 e. The molecule has 0 fully saturated rings. The SMILES string of the molecule is C=C(C)CN=c1scc(-c2ccc(C)cc2)n1N=Cc1cccc(O)c1O. The van der Waals surface area contributed by atoms with Gasteiger partial charge in [-0.2, -0.15) is 5.10 Å². The van der Waals surface area contributed by atoms with Gasteiger partial charge in [0.1, 0.15) is 0 Å². The molecule has 138 valence electrons. The number of rotatable bonds is 5. The molecule has 0 radical (unpaired) electrons. The van der Waals surface area contributed by atoms with E-state index < -0.39 is 0 Å². The second-order valence-electron chi connectivity index (χ2n) is 6.31. The van der Waals surface area contributed by atoms with E-state index in [-0.39, 0.29) is 11.5 Å². The highest BCUT2D eigenvalue weighted by Crippen LogP contribution is 2.27. The molecule has 1 aromatic heterocycles. The number of benzene rings is 2. The number of hydrogen-bond donors (Lipinski definition) is 2. The smallest absolute Gasteiger partial charge is 0.206 e. The summed E-state index contributed by atoms with van der Waals surface area (Å²) in [5.74, 6) is -0.380. The normalized spacial score (nSPS) is 12.0. The number of thiazole rings is 1. The molecule has 0 aliphatic heterocycles. The third-order valence-electron chi connectivity index (χ3n) is 3.88. The lowest BCUT2D eigenvalue weighted by atomic mass is 10.1. The van der Waals surface area contributed by atoms with Crippen molar-refractivity contribution in [1.29, 1.82) is 0 Å². The van der Waals surface area contributed by atoms with E-state index in [1.807, 2.05) is 43.5 Å². The molecule has 0 spiro atoms. The lowest BCUT2D eigenvalue weighted by molar-refractivity contribution is 0.403. The van der Waals surface area contributed by atoms with Gasteiger partial charge in [-0.1, -0.05) is 48.0 Å². The number of aromatic hydroxyl groups is 2. The average molecular weight is 379 g/mol. The summed E-state index contributed by atoms with van der Waals surface area (Å²) in [5, 5.41) is 26.2. The van der Waals surface area contributed by atoms with E-state index in [0.717, 1.165) is 21.6 Å². The second kappa shape index (κ2) is 8.05. The number of phenols is 2. The van der Waals surface area contributed by atoms with Crippen LogP contribution in [0, 0.1) is 6.92 Å². The van der Waals surface area contributed by atoms with Crippen LogP contribution in [0.1, 0.15) is 18.1 Å². The van der Waals surface area contributed by atoms with Crippen molar-refractivity contribution >= 4 is 17.6 Å². The molecule has 27 heavy (non-hydrogen) atoms. The monoisotopic (exact) mass is 379 g/mol. The Bertz CT molecular complexity index is 1060. The maximum absolute atomic E-state index is 10.0. The van der Waals surface area contributed by atoms with E-state index in [1.165, 1.54) is 29.2 Å². The first-order valence-corrected chi connectivity index (χ1v) is 9.31. The van der Waals surface area contributed by atoms with Gasteiger partial charge in [0.2, 0.25) is 4.80 Å². The van der Waals surface area contributed by atoms with Crippen LogP contribution < -0.4 is 4.80 Å². The molecule has 6 heteroatoms. The van der Waals surface area contributed by atoms with Crippen LogP contribution in [0.2, 0.25) is 0 Å². The molecular formula is C21H21N3O2S. The molecule has 0 saturated heterocycles. The van der Waals surface area contributed by atoms with Gasteiger partial charge in [-0.05, 0) is 26.0 Å². The molecule has 1 heterocycles. The number of hydrogen-bond acceptors (Lipinski definition) is 5. The maximum Gasteiger partial charge on any atom is 0.206 e. The molecule has 0 amide bonds. The van der Waals surface area contributed by atoms with Crippen molar-refractivity contribution in [1.82, 2.24) is 4.68 Å². The molecule has 0 saturated carbocycles. The summed E-state index contributed by atoms with van der Waals surface area (Å²) in [7, 11) is 0. The highest BCUT2D eigenvalue weighted by Gasteiger charge is 2.08. The standard InChI is InChI=1S/C21H21N3O2S/c1-14(2)11-22-21-24(23-12-17-5-4-6-19(25)20(17)26)18(13-27-21)16-9-7-15(3)8-10-16/h4-10,12-13,25-26H,1,11H2,2-3H3. The van der Waals surface area contributed by atoms with E-state index in [2.05, 4.69) is 16.7 Å². The molecule has 0 atom stereocenters. The fourth-order valence-corrected chi connectivity index (χ4v) is 3.25. The summed E-state index contributed by atoms with van der Waals surface area (Å²) in [6.45, 7) is 8.38. The van der Waals surface area contributed by atoms with Crippen molar-refractivity contribution in [3.05, 3.63) is 75.9 Å². The fraction of sp³-hybridized carbons (Fsp3) is 0.143. The molecule has 0 bridgehead atoms. The van der Waals surface area contributed by atoms with Gasteiger partial charge in [0.15, 0.2) is 11.5 Å². The first kappa shape index (κ1) is 18.7. The summed E-state index contributed by atoms with van der Waals surface area (Å²) in [6, 6.07) is 12.9. The maximum atomic E-state index is 10.0. The Morgan fingerprint density at radius 1 is 1.19 bits per heavy atom. The van der Waals surface area contributed by atoms with E-state index >= 15 is 0 Å². The highest BCUT2D eigenvalue weighted by atomic mass is 32.1. The Morgan fingerprint density at radius 3 is 2.63 bits per heavy atom. The van der Waals surface area contributed by atoms with Crippen LogP contribution in [0.25, 0.3) is 11.3 Å². The van der Waals surface area contributed by atoms with E-state index in [0.29, 0.717) is 12.1 Å². The van der Waals surface area contributed by atoms with Crippen molar-refractivity contribution < 1.29 is 10.2 Å². The van der Waals surface area contributed by atoms with Crippen LogP contribution in [-0.2, 0) is 0 Å². The number of para-hydroxylation sites is 1. The van der Waals surface area contributed by atoms with Gasteiger partial charge in [0.05, 0.1) is 18.5 Å². The van der Waals surface area contributed by atoms with Crippen molar-refractivity contribution in [2.24, 2.45) is 10.1 Å². The summed E-state index contributed by atoms with van der Waals surface area (Å²) < 4.78 is 1.74. The summed E-state index contributed by atoms with van der Waals surface area (Å²) in [5.41, 5.74) is 4.49. The highest BCUT2D eigenvalue weighted by molar-refractivity contribution is 7.07. The zero-order valence-electron chi connectivity index (χ0n) is 15.3. The molecular weight excluding hydrogens is 358 g/mol. The third-order valence-corrected chi connectivity index (χ3v) is 4.73. The first-order chi connectivity index (χ1) is 13.0. The Kier molecular flexibility index (Phi) is 5.57. The average Bonchev–Trinajstić information content (AvgIpc) is 3.04. The van der Waals surface area contributed by atoms with E-state index in [4.69, 9.17) is 0 Å². The topological polar surface area (TPSA) is 70.1 Å². The minimum atomic E-state index is -0.200. The minimum absolute atomic E-state index is 0.180. The van der Waals surface area contributed by atoms with Gasteiger partial charge in [-0.3, -0.25) is 4.99 Å². The summed E-state index contributed by atoms with van der Waals surface area (Å²) >= 11 is 1.49. The molecule has 0 unspecified atom stereocenters. The number of nitrogens with zero attached hydrogens (tertiary/aromatic N) is 3. The predicted molar refractivity (Wildman–Crippen MR) is 110 cm³/mol. The van der Waals surface area contributed by atoms with Crippen LogP contribution in [0.15, 0.2) is 70.1 Å². The Labute approximate surface area is 161 Å². The molecule has 3 rings (SSSR count). The van der Waals surface area contributed by atoms with E-state index in [9.17, 15) is 10.2 Å². The second-order valence-corrected chi connectivity index (χ2v) is 7.15. The number of aryl methyl sites for hydroxylation is 1. The zero-order chi connectivity index (χ0) is 19.4. The van der Waals surface area contributed by atoms with E-state index in [1.54, 1.807) is 16.8 Å². The van der Waals surface area contributed by atoms with Crippen molar-refractivity contribution in [2.75, 3.05) is 6.54 Å². The Hall–Kier alpha value is -3.12. The van der Waals surface area contributed by atoms with Gasteiger partial charge >= 0.3 is 0 Å².